The van der Waals surface area contributed by atoms with Crippen LogP contribution in [0.4, 0.5) is 4.39 Å². The molecule has 0 amide bonds. The lowest BCUT2D eigenvalue weighted by molar-refractivity contribution is 0.393. The number of benzene rings is 1. The molecule has 0 saturated carbocycles. The number of hydrogen-bond donors (Lipinski definition) is 0. The summed E-state index contributed by atoms with van der Waals surface area (Å²) in [7, 11) is 0. The average molecular weight is 312 g/mol. The molecule has 1 unspecified atom stereocenters. The Bertz CT molecular complexity index is 892. The van der Waals surface area contributed by atoms with E-state index in [-0.39, 0.29) is 17.4 Å². The van der Waals surface area contributed by atoms with E-state index in [1.165, 1.54) is 18.2 Å². The van der Waals surface area contributed by atoms with Crippen molar-refractivity contribution in [2.75, 3.05) is 0 Å². The summed E-state index contributed by atoms with van der Waals surface area (Å²) < 4.78 is 20.2. The Labute approximate surface area is 133 Å². The molecule has 0 saturated heterocycles. The van der Waals surface area contributed by atoms with E-state index in [1.807, 2.05) is 26.8 Å². The highest BCUT2D eigenvalue weighted by atomic mass is 19.1. The Hall–Kier alpha value is -2.69. The van der Waals surface area contributed by atoms with Gasteiger partial charge in [0.25, 0.3) is 5.56 Å². The monoisotopic (exact) mass is 312 g/mol. The van der Waals surface area contributed by atoms with E-state index in [4.69, 9.17) is 4.52 Å². The zero-order chi connectivity index (χ0) is 16.6. The molecule has 0 radical (unpaired) electrons. The topological polar surface area (TPSA) is 48.0 Å². The number of halogens is 1. The van der Waals surface area contributed by atoms with Crippen molar-refractivity contribution in [3.8, 4) is 11.1 Å². The molecular formula is C18H17FN2O2. The molecule has 3 aromatic rings. The highest BCUT2D eigenvalue weighted by Crippen LogP contribution is 2.27. The van der Waals surface area contributed by atoms with Crippen LogP contribution in [0.3, 0.4) is 0 Å². The maximum absolute atomic E-state index is 13.4. The third-order valence-corrected chi connectivity index (χ3v) is 4.01. The molecule has 4 nitrogen and oxygen atoms in total. The number of hydrogen-bond acceptors (Lipinski definition) is 3. The fraction of sp³-hybridized carbons (Fsp3) is 0.222. The minimum atomic E-state index is -0.315. The Morgan fingerprint density at radius 2 is 2.00 bits per heavy atom. The molecule has 0 fully saturated rings. The number of aryl methyl sites for hydroxylation is 2. The lowest BCUT2D eigenvalue weighted by Crippen LogP contribution is -2.22. The molecule has 118 valence electrons. The molecule has 2 aromatic heterocycles. The standard InChI is InChI=1S/C18H17FN2O2/c1-11-18(13(3)23-20-11)15-7-8-17(22)21(10-15)12(2)14-5-4-6-16(19)9-14/h4-10,12H,1-3H3. The van der Waals surface area contributed by atoms with E-state index >= 15 is 0 Å². The third-order valence-electron chi connectivity index (χ3n) is 4.01. The van der Waals surface area contributed by atoms with Crippen molar-refractivity contribution in [3.63, 3.8) is 0 Å². The normalized spacial score (nSPS) is 12.3. The van der Waals surface area contributed by atoms with Gasteiger partial charge in [0.15, 0.2) is 0 Å². The number of aromatic nitrogens is 2. The van der Waals surface area contributed by atoms with Gasteiger partial charge in [0.1, 0.15) is 11.6 Å². The zero-order valence-corrected chi connectivity index (χ0v) is 13.2. The van der Waals surface area contributed by atoms with E-state index in [0.29, 0.717) is 5.76 Å². The van der Waals surface area contributed by atoms with Crippen LogP contribution in [0.1, 0.15) is 30.0 Å². The quantitative estimate of drug-likeness (QED) is 0.737. The summed E-state index contributed by atoms with van der Waals surface area (Å²) in [6.07, 6.45) is 1.77. The zero-order valence-electron chi connectivity index (χ0n) is 13.2. The predicted molar refractivity (Wildman–Crippen MR) is 85.9 cm³/mol. The Kier molecular flexibility index (Phi) is 3.86. The van der Waals surface area contributed by atoms with Crippen LogP contribution < -0.4 is 5.56 Å². The van der Waals surface area contributed by atoms with Gasteiger partial charge in [-0.05, 0) is 44.5 Å². The van der Waals surface area contributed by atoms with Crippen molar-refractivity contribution in [2.45, 2.75) is 26.8 Å². The Balaban J connectivity index is 2.10. The summed E-state index contributed by atoms with van der Waals surface area (Å²) in [6, 6.07) is 9.27. The first-order chi connectivity index (χ1) is 11.0. The molecular weight excluding hydrogens is 295 g/mol. The molecule has 0 aliphatic carbocycles. The van der Waals surface area contributed by atoms with Crippen LogP contribution in [-0.2, 0) is 0 Å². The van der Waals surface area contributed by atoms with Gasteiger partial charge in [-0.3, -0.25) is 4.79 Å². The van der Waals surface area contributed by atoms with Crippen molar-refractivity contribution >= 4 is 0 Å². The molecule has 23 heavy (non-hydrogen) atoms. The second-order valence-corrected chi connectivity index (χ2v) is 5.59. The first-order valence-corrected chi connectivity index (χ1v) is 7.38. The maximum atomic E-state index is 13.4. The number of rotatable bonds is 3. The fourth-order valence-corrected chi connectivity index (χ4v) is 2.78. The smallest absolute Gasteiger partial charge is 0.251 e. The molecule has 5 heteroatoms. The van der Waals surface area contributed by atoms with Gasteiger partial charge in [0.2, 0.25) is 0 Å². The molecule has 0 aliphatic rings. The second kappa shape index (κ2) is 5.83. The van der Waals surface area contributed by atoms with Gasteiger partial charge in [-0.1, -0.05) is 17.3 Å². The number of nitrogens with zero attached hydrogens (tertiary/aromatic N) is 2. The summed E-state index contributed by atoms with van der Waals surface area (Å²) >= 11 is 0. The van der Waals surface area contributed by atoms with Gasteiger partial charge < -0.3 is 9.09 Å². The predicted octanol–water partition coefficient (Wildman–Crippen LogP) is 3.87. The first kappa shape index (κ1) is 15.2. The highest BCUT2D eigenvalue weighted by Gasteiger charge is 2.15. The van der Waals surface area contributed by atoms with E-state index in [9.17, 15) is 9.18 Å². The van der Waals surface area contributed by atoms with Crippen LogP contribution in [0.15, 0.2) is 51.9 Å². The van der Waals surface area contributed by atoms with Crippen molar-refractivity contribution in [2.24, 2.45) is 0 Å². The van der Waals surface area contributed by atoms with Gasteiger partial charge in [0, 0.05) is 23.4 Å². The van der Waals surface area contributed by atoms with E-state index in [0.717, 1.165) is 22.4 Å². The first-order valence-electron chi connectivity index (χ1n) is 7.38. The van der Waals surface area contributed by atoms with E-state index < -0.39 is 0 Å². The summed E-state index contributed by atoms with van der Waals surface area (Å²) in [4.78, 5) is 12.2. The molecule has 0 bridgehead atoms. The number of pyridine rings is 1. The maximum Gasteiger partial charge on any atom is 0.251 e. The second-order valence-electron chi connectivity index (χ2n) is 5.59. The molecule has 2 heterocycles. The summed E-state index contributed by atoms with van der Waals surface area (Å²) in [5, 5.41) is 3.95. The third kappa shape index (κ3) is 2.82. The van der Waals surface area contributed by atoms with Crippen molar-refractivity contribution in [1.29, 1.82) is 0 Å². The van der Waals surface area contributed by atoms with E-state index in [2.05, 4.69) is 5.16 Å². The van der Waals surface area contributed by atoms with Crippen molar-refractivity contribution < 1.29 is 8.91 Å². The van der Waals surface area contributed by atoms with Crippen LogP contribution in [0.5, 0.6) is 0 Å². The summed E-state index contributed by atoms with van der Waals surface area (Å²) in [5.74, 6) is 0.385. The lowest BCUT2D eigenvalue weighted by atomic mass is 10.0. The van der Waals surface area contributed by atoms with E-state index in [1.54, 1.807) is 22.9 Å². The average Bonchev–Trinajstić information content (AvgIpc) is 2.86. The van der Waals surface area contributed by atoms with Crippen molar-refractivity contribution in [1.82, 2.24) is 9.72 Å². The van der Waals surface area contributed by atoms with Crippen LogP contribution in [-0.4, -0.2) is 9.72 Å². The fourth-order valence-electron chi connectivity index (χ4n) is 2.78. The molecule has 3 rings (SSSR count). The minimum absolute atomic E-state index is 0.141. The van der Waals surface area contributed by atoms with Crippen LogP contribution >= 0.6 is 0 Å². The highest BCUT2D eigenvalue weighted by molar-refractivity contribution is 5.66. The van der Waals surface area contributed by atoms with Crippen molar-refractivity contribution in [3.05, 3.63) is 75.8 Å². The summed E-state index contributed by atoms with van der Waals surface area (Å²) in [6.45, 7) is 5.56. The molecule has 1 atom stereocenters. The minimum Gasteiger partial charge on any atom is -0.361 e. The van der Waals surface area contributed by atoms with Gasteiger partial charge in [0.05, 0.1) is 11.7 Å². The van der Waals surface area contributed by atoms with Gasteiger partial charge >= 0.3 is 0 Å². The molecule has 1 aromatic carbocycles. The Morgan fingerprint density at radius 3 is 2.65 bits per heavy atom. The largest absolute Gasteiger partial charge is 0.361 e. The van der Waals surface area contributed by atoms with Crippen LogP contribution in [0.2, 0.25) is 0 Å². The molecule has 0 aliphatic heterocycles. The SMILES string of the molecule is Cc1noc(C)c1-c1ccc(=O)n(C(C)c2cccc(F)c2)c1. The lowest BCUT2D eigenvalue weighted by Gasteiger charge is -2.17. The van der Waals surface area contributed by atoms with Crippen LogP contribution in [0, 0.1) is 19.7 Å². The Morgan fingerprint density at radius 1 is 1.22 bits per heavy atom. The van der Waals surface area contributed by atoms with Gasteiger partial charge in [-0.25, -0.2) is 4.39 Å². The molecule has 0 N–H and O–H groups in total. The summed E-state index contributed by atoms with van der Waals surface area (Å²) in [5.41, 5.74) is 3.10. The van der Waals surface area contributed by atoms with Crippen LogP contribution in [0.25, 0.3) is 11.1 Å². The molecule has 0 spiro atoms. The van der Waals surface area contributed by atoms with Gasteiger partial charge in [-0.2, -0.15) is 0 Å². The van der Waals surface area contributed by atoms with Gasteiger partial charge in [-0.15, -0.1) is 0 Å².